The van der Waals surface area contributed by atoms with Crippen molar-refractivity contribution in [3.05, 3.63) is 65.1 Å². The number of ether oxygens (including phenoxy) is 2. The smallest absolute Gasteiger partial charge is 0.416 e. The minimum atomic E-state index is -4.41. The summed E-state index contributed by atoms with van der Waals surface area (Å²) in [5.41, 5.74) is 1.97. The maximum atomic E-state index is 13.1. The van der Waals surface area contributed by atoms with Crippen molar-refractivity contribution in [1.29, 1.82) is 0 Å². The van der Waals surface area contributed by atoms with Crippen LogP contribution in [-0.2, 0) is 20.4 Å². The lowest BCUT2D eigenvalue weighted by Crippen LogP contribution is -2.36. The Morgan fingerprint density at radius 2 is 1.90 bits per heavy atom. The van der Waals surface area contributed by atoms with Gasteiger partial charge in [0.25, 0.3) is 0 Å². The lowest BCUT2D eigenvalue weighted by molar-refractivity contribution is -0.137. The van der Waals surface area contributed by atoms with Gasteiger partial charge in [-0.15, -0.1) is 0 Å². The number of esters is 1. The third-order valence-corrected chi connectivity index (χ3v) is 7.49. The van der Waals surface area contributed by atoms with E-state index in [0.29, 0.717) is 40.8 Å². The van der Waals surface area contributed by atoms with Gasteiger partial charge >= 0.3 is 12.1 Å². The first kappa shape index (κ1) is 30.1. The monoisotopic (exact) mass is 570 g/mol. The van der Waals surface area contributed by atoms with Crippen LogP contribution in [0, 0.1) is 0 Å². The lowest BCUT2D eigenvalue weighted by atomic mass is 9.93. The molecule has 4 rings (SSSR count). The number of halogens is 3. The molecule has 0 saturated carbocycles. The fourth-order valence-electron chi connectivity index (χ4n) is 5.18. The van der Waals surface area contributed by atoms with Gasteiger partial charge < -0.3 is 19.4 Å². The molecule has 1 N–H and O–H groups in total. The van der Waals surface area contributed by atoms with Crippen molar-refractivity contribution >= 4 is 22.8 Å². The molecule has 220 valence electrons. The van der Waals surface area contributed by atoms with Crippen molar-refractivity contribution in [2.45, 2.75) is 71.6 Å². The molecular formula is C31H37F3N4O3. The first-order valence-electron chi connectivity index (χ1n) is 13.9. The van der Waals surface area contributed by atoms with Gasteiger partial charge in [-0.05, 0) is 75.6 Å². The zero-order valence-electron chi connectivity index (χ0n) is 24.2. The van der Waals surface area contributed by atoms with E-state index in [-0.39, 0.29) is 5.97 Å². The second-order valence-electron chi connectivity index (χ2n) is 10.6. The SMILES string of the molecule is CCCC(C)(CCN(CC)c1ccc(-c2nc3ccc(C(F)(F)F)cc3[nH]2)cn1)OC1=C(C)C=C(C(=O)OC)CC1. The predicted octanol–water partition coefficient (Wildman–Crippen LogP) is 7.60. The lowest BCUT2D eigenvalue weighted by Gasteiger charge is -2.35. The van der Waals surface area contributed by atoms with E-state index in [9.17, 15) is 18.0 Å². The number of methoxy groups -OCH3 is 1. The standard InChI is InChI=1S/C31H37F3N4O3/c1-6-14-30(4,41-26-12-8-21(17-20(26)3)29(39)40-5)15-16-38(7-2)27-13-9-22(19-35-27)28-36-24-11-10-23(31(32,33)34)18-25(24)37-28/h9-11,13,17-19H,6-8,12,14-16H2,1-5H3,(H,36,37). The minimum Gasteiger partial charge on any atom is -0.492 e. The van der Waals surface area contributed by atoms with Crippen molar-refractivity contribution in [1.82, 2.24) is 15.0 Å². The highest BCUT2D eigenvalue weighted by Crippen LogP contribution is 2.34. The molecule has 7 nitrogen and oxygen atoms in total. The molecule has 3 aromatic rings. The zero-order chi connectivity index (χ0) is 29.8. The van der Waals surface area contributed by atoms with E-state index >= 15 is 0 Å². The molecule has 0 saturated heterocycles. The van der Waals surface area contributed by atoms with E-state index < -0.39 is 17.3 Å². The van der Waals surface area contributed by atoms with E-state index in [1.807, 2.05) is 25.1 Å². The fraction of sp³-hybridized carbons (Fsp3) is 0.452. The molecule has 0 spiro atoms. The number of benzene rings is 1. The molecule has 0 bridgehead atoms. The molecule has 0 radical (unpaired) electrons. The number of pyridine rings is 1. The first-order chi connectivity index (χ1) is 19.5. The topological polar surface area (TPSA) is 80.3 Å². The molecule has 1 aliphatic rings. The number of aromatic amines is 1. The molecule has 0 fully saturated rings. The number of alkyl halides is 3. The number of carbonyl (C=O) groups excluding carboxylic acids is 1. The number of carbonyl (C=O) groups is 1. The van der Waals surface area contributed by atoms with Crippen LogP contribution >= 0.6 is 0 Å². The van der Waals surface area contributed by atoms with Gasteiger partial charge in [-0.3, -0.25) is 0 Å². The molecule has 0 aliphatic heterocycles. The number of imidazole rings is 1. The highest BCUT2D eigenvalue weighted by molar-refractivity contribution is 5.89. The van der Waals surface area contributed by atoms with Crippen LogP contribution in [0.5, 0.6) is 0 Å². The molecule has 41 heavy (non-hydrogen) atoms. The summed E-state index contributed by atoms with van der Waals surface area (Å²) in [6.07, 6.45) is 2.99. The van der Waals surface area contributed by atoms with Crippen molar-refractivity contribution in [2.75, 3.05) is 25.1 Å². The van der Waals surface area contributed by atoms with Crippen LogP contribution in [0.4, 0.5) is 19.0 Å². The number of nitrogens with zero attached hydrogens (tertiary/aromatic N) is 3. The fourth-order valence-corrected chi connectivity index (χ4v) is 5.18. The van der Waals surface area contributed by atoms with E-state index in [2.05, 4.69) is 40.6 Å². The number of aromatic nitrogens is 3. The molecule has 2 aromatic heterocycles. The van der Waals surface area contributed by atoms with Crippen molar-refractivity contribution in [3.8, 4) is 11.4 Å². The summed E-state index contributed by atoms with van der Waals surface area (Å²) in [4.78, 5) is 26.2. The second-order valence-corrected chi connectivity index (χ2v) is 10.6. The van der Waals surface area contributed by atoms with Crippen LogP contribution in [0.3, 0.4) is 0 Å². The number of allylic oxidation sites excluding steroid dienone is 3. The normalized spacial score (nSPS) is 15.5. The third-order valence-electron chi connectivity index (χ3n) is 7.49. The first-order valence-corrected chi connectivity index (χ1v) is 13.9. The number of anilines is 1. The Balaban J connectivity index is 1.46. The Morgan fingerprint density at radius 3 is 2.51 bits per heavy atom. The highest BCUT2D eigenvalue weighted by atomic mass is 19.4. The molecule has 1 aliphatic carbocycles. The van der Waals surface area contributed by atoms with Crippen molar-refractivity contribution in [3.63, 3.8) is 0 Å². The van der Waals surface area contributed by atoms with Crippen molar-refractivity contribution < 1.29 is 27.4 Å². The molecule has 1 unspecified atom stereocenters. The molecule has 1 aromatic carbocycles. The molecule has 1 atom stereocenters. The molecular weight excluding hydrogens is 533 g/mol. The Kier molecular flexibility index (Phi) is 9.09. The Bertz CT molecular complexity index is 1440. The van der Waals surface area contributed by atoms with Crippen LogP contribution in [0.15, 0.2) is 59.5 Å². The number of hydrogen-bond donors (Lipinski definition) is 1. The number of fused-ring (bicyclic) bond motifs is 1. The van der Waals surface area contributed by atoms with E-state index in [1.165, 1.54) is 13.2 Å². The van der Waals surface area contributed by atoms with Crippen LogP contribution in [0.2, 0.25) is 0 Å². The van der Waals surface area contributed by atoms with Gasteiger partial charge in [0.05, 0.1) is 23.7 Å². The second kappa shape index (κ2) is 12.4. The third kappa shape index (κ3) is 7.10. The van der Waals surface area contributed by atoms with Crippen LogP contribution in [0.25, 0.3) is 22.4 Å². The Hall–Kier alpha value is -3.82. The average molecular weight is 571 g/mol. The van der Waals surface area contributed by atoms with Gasteiger partial charge in [0, 0.05) is 43.3 Å². The quantitative estimate of drug-likeness (QED) is 0.239. The van der Waals surface area contributed by atoms with Crippen LogP contribution in [-0.4, -0.2) is 46.7 Å². The average Bonchev–Trinajstić information content (AvgIpc) is 3.38. The maximum absolute atomic E-state index is 13.1. The van der Waals surface area contributed by atoms with Gasteiger partial charge in [0.15, 0.2) is 0 Å². The van der Waals surface area contributed by atoms with Gasteiger partial charge in [-0.1, -0.05) is 13.3 Å². The summed E-state index contributed by atoms with van der Waals surface area (Å²) < 4.78 is 50.7. The largest absolute Gasteiger partial charge is 0.492 e. The summed E-state index contributed by atoms with van der Waals surface area (Å²) in [7, 11) is 1.39. The van der Waals surface area contributed by atoms with Gasteiger partial charge in [-0.25, -0.2) is 14.8 Å². The van der Waals surface area contributed by atoms with Gasteiger partial charge in [0.1, 0.15) is 23.0 Å². The van der Waals surface area contributed by atoms with Gasteiger partial charge in [0.2, 0.25) is 0 Å². The van der Waals surface area contributed by atoms with Crippen molar-refractivity contribution in [2.24, 2.45) is 0 Å². The summed E-state index contributed by atoms with van der Waals surface area (Å²) >= 11 is 0. The zero-order valence-corrected chi connectivity index (χ0v) is 24.2. The maximum Gasteiger partial charge on any atom is 0.416 e. The van der Waals surface area contributed by atoms with Gasteiger partial charge in [-0.2, -0.15) is 13.2 Å². The summed E-state index contributed by atoms with van der Waals surface area (Å²) in [6, 6.07) is 7.24. The van der Waals surface area contributed by atoms with E-state index in [0.717, 1.165) is 61.6 Å². The van der Waals surface area contributed by atoms with Crippen LogP contribution in [0.1, 0.15) is 65.4 Å². The predicted molar refractivity (Wildman–Crippen MR) is 153 cm³/mol. The number of nitrogens with one attached hydrogen (secondary N) is 1. The van der Waals surface area contributed by atoms with E-state index in [4.69, 9.17) is 9.47 Å². The highest BCUT2D eigenvalue weighted by Gasteiger charge is 2.31. The number of rotatable bonds is 11. The molecule has 10 heteroatoms. The number of H-pyrrole nitrogens is 1. The Labute approximate surface area is 238 Å². The molecule has 0 amide bonds. The number of hydrogen-bond acceptors (Lipinski definition) is 6. The minimum absolute atomic E-state index is 0.298. The van der Waals surface area contributed by atoms with Crippen LogP contribution < -0.4 is 4.90 Å². The van der Waals surface area contributed by atoms with E-state index in [1.54, 1.807) is 6.20 Å². The molecule has 2 heterocycles. The summed E-state index contributed by atoms with van der Waals surface area (Å²) in [6.45, 7) is 9.76. The summed E-state index contributed by atoms with van der Waals surface area (Å²) in [5.74, 6) is 1.87. The Morgan fingerprint density at radius 1 is 1.12 bits per heavy atom. The summed E-state index contributed by atoms with van der Waals surface area (Å²) in [5, 5.41) is 0.